The zero-order chi connectivity index (χ0) is 23.2. The molecule has 1 aliphatic heterocycles. The van der Waals surface area contributed by atoms with Gasteiger partial charge in [0.1, 0.15) is 0 Å². The number of halogens is 1. The fourth-order valence-electron chi connectivity index (χ4n) is 4.23. The summed E-state index contributed by atoms with van der Waals surface area (Å²) in [5.74, 6) is 0. The van der Waals surface area contributed by atoms with Gasteiger partial charge in [-0.25, -0.2) is 17.8 Å². The zero-order valence-electron chi connectivity index (χ0n) is 17.5. The number of aromatic amines is 1. The number of hydrogen-bond acceptors (Lipinski definition) is 4. The molecule has 33 heavy (non-hydrogen) atoms. The third kappa shape index (κ3) is 3.81. The van der Waals surface area contributed by atoms with Gasteiger partial charge in [0, 0.05) is 11.0 Å². The van der Waals surface area contributed by atoms with E-state index in [4.69, 9.17) is 0 Å². The molecule has 3 aromatic carbocycles. The Bertz CT molecular complexity index is 1610. The number of benzene rings is 3. The molecule has 168 valence electrons. The molecule has 0 saturated heterocycles. The largest absolute Gasteiger partial charge is 0.333 e. The number of nitrogens with zero attached hydrogens (tertiary/aromatic N) is 2. The SMILES string of the molecule is O=c1[nH]c2ccccc2c(=O)n1-c1cccc(S(=O)(=O)N2CCCCc3ccc(Br)cc32)c1. The van der Waals surface area contributed by atoms with E-state index in [9.17, 15) is 18.0 Å². The Hall–Kier alpha value is -3.17. The lowest BCUT2D eigenvalue weighted by Crippen LogP contribution is -2.34. The van der Waals surface area contributed by atoms with Crippen LogP contribution in [-0.2, 0) is 16.4 Å². The monoisotopic (exact) mass is 525 g/mol. The number of para-hydroxylation sites is 1. The Morgan fingerprint density at radius 1 is 0.909 bits per heavy atom. The third-order valence-electron chi connectivity index (χ3n) is 5.84. The number of fused-ring (bicyclic) bond motifs is 2. The molecule has 7 nitrogen and oxygen atoms in total. The van der Waals surface area contributed by atoms with E-state index >= 15 is 0 Å². The minimum Gasteiger partial charge on any atom is -0.306 e. The fourth-order valence-corrected chi connectivity index (χ4v) is 6.15. The molecule has 0 unspecified atom stereocenters. The summed E-state index contributed by atoms with van der Waals surface area (Å²) >= 11 is 3.45. The Balaban J connectivity index is 1.65. The van der Waals surface area contributed by atoms with E-state index in [2.05, 4.69) is 20.9 Å². The van der Waals surface area contributed by atoms with E-state index in [0.717, 1.165) is 33.9 Å². The number of hydrogen-bond donors (Lipinski definition) is 1. The van der Waals surface area contributed by atoms with Crippen molar-refractivity contribution in [2.24, 2.45) is 0 Å². The molecule has 5 rings (SSSR count). The van der Waals surface area contributed by atoms with Gasteiger partial charge in [0.2, 0.25) is 0 Å². The summed E-state index contributed by atoms with van der Waals surface area (Å²) in [5, 5.41) is 0.344. The summed E-state index contributed by atoms with van der Waals surface area (Å²) in [6, 6.07) is 18.3. The lowest BCUT2D eigenvalue weighted by atomic mass is 10.1. The normalized spacial score (nSPS) is 14.2. The highest BCUT2D eigenvalue weighted by Gasteiger charge is 2.28. The molecule has 2 heterocycles. The Labute approximate surface area is 198 Å². The van der Waals surface area contributed by atoms with Crippen molar-refractivity contribution in [3.05, 3.63) is 97.6 Å². The van der Waals surface area contributed by atoms with Gasteiger partial charge in [-0.3, -0.25) is 9.10 Å². The number of rotatable bonds is 3. The van der Waals surface area contributed by atoms with Crippen LogP contribution in [-0.4, -0.2) is 24.5 Å². The van der Waals surface area contributed by atoms with Crippen molar-refractivity contribution in [3.8, 4) is 5.69 Å². The number of aryl methyl sites for hydroxylation is 1. The first-order valence-electron chi connectivity index (χ1n) is 10.5. The summed E-state index contributed by atoms with van der Waals surface area (Å²) in [4.78, 5) is 28.5. The van der Waals surface area contributed by atoms with Gasteiger partial charge in [-0.2, -0.15) is 0 Å². The van der Waals surface area contributed by atoms with Gasteiger partial charge >= 0.3 is 5.69 Å². The Morgan fingerprint density at radius 3 is 2.58 bits per heavy atom. The van der Waals surface area contributed by atoms with Crippen LogP contribution in [0.25, 0.3) is 16.6 Å². The molecule has 0 atom stereocenters. The smallest absolute Gasteiger partial charge is 0.306 e. The second-order valence-electron chi connectivity index (χ2n) is 7.92. The van der Waals surface area contributed by atoms with Gasteiger partial charge < -0.3 is 4.98 Å². The van der Waals surface area contributed by atoms with Crippen LogP contribution < -0.4 is 15.6 Å². The van der Waals surface area contributed by atoms with Crippen LogP contribution in [0.4, 0.5) is 5.69 Å². The predicted octanol–water partition coefficient (Wildman–Crippen LogP) is 3.97. The van der Waals surface area contributed by atoms with E-state index in [1.807, 2.05) is 18.2 Å². The average Bonchev–Trinajstić information content (AvgIpc) is 3.02. The van der Waals surface area contributed by atoms with E-state index in [1.54, 1.807) is 36.4 Å². The number of sulfonamides is 1. The fraction of sp³-hybridized carbons (Fsp3) is 0.167. The van der Waals surface area contributed by atoms with Crippen LogP contribution in [0.15, 0.2) is 85.7 Å². The van der Waals surface area contributed by atoms with Gasteiger partial charge in [-0.15, -0.1) is 0 Å². The second kappa shape index (κ2) is 8.31. The van der Waals surface area contributed by atoms with E-state index < -0.39 is 21.3 Å². The lowest BCUT2D eigenvalue weighted by molar-refractivity contribution is 0.589. The molecule has 0 radical (unpaired) electrons. The van der Waals surface area contributed by atoms with Crippen molar-refractivity contribution < 1.29 is 8.42 Å². The standard InChI is InChI=1S/C24H20BrN3O4S/c25-17-12-11-16-6-3-4-13-27(22(16)14-17)33(31,32)19-8-5-7-18(15-19)28-23(29)20-9-1-2-10-21(20)26-24(28)30/h1-2,5,7-12,14-15H,3-4,6,13H2,(H,26,30). The van der Waals surface area contributed by atoms with Crippen LogP contribution in [0.3, 0.4) is 0 Å². The van der Waals surface area contributed by atoms with Crippen molar-refractivity contribution in [1.29, 1.82) is 0 Å². The first-order chi connectivity index (χ1) is 15.9. The summed E-state index contributed by atoms with van der Waals surface area (Å²) in [6.07, 6.45) is 2.42. The maximum Gasteiger partial charge on any atom is 0.333 e. The highest BCUT2D eigenvalue weighted by molar-refractivity contribution is 9.10. The summed E-state index contributed by atoms with van der Waals surface area (Å²) in [6.45, 7) is 0.354. The summed E-state index contributed by atoms with van der Waals surface area (Å²) < 4.78 is 30.6. The summed E-state index contributed by atoms with van der Waals surface area (Å²) in [7, 11) is -3.93. The molecule has 9 heteroatoms. The summed E-state index contributed by atoms with van der Waals surface area (Å²) in [5.41, 5.74) is 1.10. The van der Waals surface area contributed by atoms with Gasteiger partial charge in [0.15, 0.2) is 0 Å². The van der Waals surface area contributed by atoms with Crippen LogP contribution in [0, 0.1) is 0 Å². The van der Waals surface area contributed by atoms with Crippen molar-refractivity contribution >= 4 is 42.5 Å². The van der Waals surface area contributed by atoms with Crippen LogP contribution in [0.5, 0.6) is 0 Å². The Morgan fingerprint density at radius 2 is 1.73 bits per heavy atom. The van der Waals surface area contributed by atoms with Crippen molar-refractivity contribution in [2.75, 3.05) is 10.8 Å². The highest BCUT2D eigenvalue weighted by Crippen LogP contribution is 2.33. The van der Waals surface area contributed by atoms with Crippen molar-refractivity contribution in [3.63, 3.8) is 0 Å². The molecule has 1 N–H and O–H groups in total. The lowest BCUT2D eigenvalue weighted by Gasteiger charge is -2.25. The van der Waals surface area contributed by atoms with E-state index in [0.29, 0.717) is 23.1 Å². The molecular formula is C24H20BrN3O4S. The zero-order valence-corrected chi connectivity index (χ0v) is 19.9. The van der Waals surface area contributed by atoms with Crippen LogP contribution in [0.2, 0.25) is 0 Å². The van der Waals surface area contributed by atoms with Gasteiger partial charge in [0.25, 0.3) is 15.6 Å². The minimum atomic E-state index is -3.93. The number of nitrogens with one attached hydrogen (secondary N) is 1. The van der Waals surface area contributed by atoms with Crippen molar-refractivity contribution in [2.45, 2.75) is 24.2 Å². The van der Waals surface area contributed by atoms with Gasteiger partial charge in [0.05, 0.1) is 27.2 Å². The molecule has 4 aromatic rings. The first kappa shape index (κ1) is 21.7. The maximum atomic E-state index is 13.7. The molecule has 1 aromatic heterocycles. The van der Waals surface area contributed by atoms with Crippen molar-refractivity contribution in [1.82, 2.24) is 9.55 Å². The average molecular weight is 526 g/mol. The van der Waals surface area contributed by atoms with Crippen LogP contribution >= 0.6 is 15.9 Å². The first-order valence-corrected chi connectivity index (χ1v) is 12.8. The molecule has 0 aliphatic carbocycles. The second-order valence-corrected chi connectivity index (χ2v) is 10.7. The highest BCUT2D eigenvalue weighted by atomic mass is 79.9. The maximum absolute atomic E-state index is 13.7. The van der Waals surface area contributed by atoms with Gasteiger partial charge in [-0.1, -0.05) is 40.2 Å². The Kier molecular flexibility index (Phi) is 5.46. The topological polar surface area (TPSA) is 92.2 Å². The third-order valence-corrected chi connectivity index (χ3v) is 8.14. The quantitative estimate of drug-likeness (QED) is 0.437. The molecule has 0 saturated carbocycles. The van der Waals surface area contributed by atoms with Crippen LogP contribution in [0.1, 0.15) is 18.4 Å². The minimum absolute atomic E-state index is 0.0206. The van der Waals surface area contributed by atoms with E-state index in [-0.39, 0.29) is 10.6 Å². The molecule has 1 aliphatic rings. The number of H-pyrrole nitrogens is 1. The van der Waals surface area contributed by atoms with E-state index in [1.165, 1.54) is 16.4 Å². The number of anilines is 1. The number of aromatic nitrogens is 2. The molecule has 0 fully saturated rings. The molecule has 0 spiro atoms. The molecule has 0 bridgehead atoms. The molecular weight excluding hydrogens is 506 g/mol. The molecule has 0 amide bonds. The van der Waals surface area contributed by atoms with Gasteiger partial charge in [-0.05, 0) is 67.3 Å². The predicted molar refractivity (Wildman–Crippen MR) is 132 cm³/mol.